The summed E-state index contributed by atoms with van der Waals surface area (Å²) in [7, 11) is 0. The maximum Gasteiger partial charge on any atom is 0.131 e. The van der Waals surface area contributed by atoms with E-state index in [2.05, 4.69) is 12.3 Å². The smallest absolute Gasteiger partial charge is 0.131 e. The van der Waals surface area contributed by atoms with Crippen LogP contribution in [0.15, 0.2) is 36.4 Å². The van der Waals surface area contributed by atoms with Crippen molar-refractivity contribution < 1.29 is 9.13 Å². The minimum atomic E-state index is -0.218. The van der Waals surface area contributed by atoms with Crippen LogP contribution in [0, 0.1) is 5.82 Å². The van der Waals surface area contributed by atoms with Crippen molar-refractivity contribution >= 4 is 10.8 Å². The molecule has 1 atom stereocenters. The van der Waals surface area contributed by atoms with Crippen LogP contribution in [0.5, 0.6) is 0 Å². The predicted octanol–water partition coefficient (Wildman–Crippen LogP) is 2.91. The van der Waals surface area contributed by atoms with Gasteiger partial charge in [0, 0.05) is 12.0 Å². The molecule has 0 saturated heterocycles. The molecule has 0 heterocycles. The summed E-state index contributed by atoms with van der Waals surface area (Å²) >= 11 is 0. The van der Waals surface area contributed by atoms with E-state index in [0.717, 1.165) is 17.4 Å². The predicted molar refractivity (Wildman–Crippen MR) is 75.1 cm³/mol. The van der Waals surface area contributed by atoms with Gasteiger partial charge in [0.1, 0.15) is 5.82 Å². The van der Waals surface area contributed by atoms with Crippen LogP contribution in [0.25, 0.3) is 10.8 Å². The average molecular weight is 262 g/mol. The standard InChI is InChI=1S/C15H19FN2O/c1-2-9-19-10-15(18-17)13-7-8-14(16)12-6-4-3-5-11(12)13/h3-8,15,18H,2,9-10,17H2,1H3. The Bertz CT molecular complexity index is 545. The van der Waals surface area contributed by atoms with Gasteiger partial charge >= 0.3 is 0 Å². The number of nitrogens with one attached hydrogen (secondary N) is 1. The van der Waals surface area contributed by atoms with Crippen LogP contribution in [-0.2, 0) is 4.74 Å². The highest BCUT2D eigenvalue weighted by molar-refractivity contribution is 5.86. The summed E-state index contributed by atoms with van der Waals surface area (Å²) in [6, 6.07) is 10.5. The van der Waals surface area contributed by atoms with E-state index in [1.807, 2.05) is 18.2 Å². The SMILES string of the molecule is CCCOCC(NN)c1ccc(F)c2ccccc12. The molecule has 0 aliphatic carbocycles. The van der Waals surface area contributed by atoms with Gasteiger partial charge in [0.25, 0.3) is 0 Å². The zero-order chi connectivity index (χ0) is 13.7. The zero-order valence-corrected chi connectivity index (χ0v) is 11.0. The Morgan fingerprint density at radius 2 is 1.95 bits per heavy atom. The van der Waals surface area contributed by atoms with E-state index in [-0.39, 0.29) is 11.9 Å². The van der Waals surface area contributed by atoms with Crippen LogP contribution >= 0.6 is 0 Å². The lowest BCUT2D eigenvalue weighted by atomic mass is 9.99. The fourth-order valence-electron chi connectivity index (χ4n) is 2.16. The maximum atomic E-state index is 13.8. The lowest BCUT2D eigenvalue weighted by Gasteiger charge is -2.18. The number of ether oxygens (including phenoxy) is 1. The molecule has 4 heteroatoms. The Morgan fingerprint density at radius 3 is 2.63 bits per heavy atom. The van der Waals surface area contributed by atoms with Gasteiger partial charge in [0.15, 0.2) is 0 Å². The van der Waals surface area contributed by atoms with Gasteiger partial charge in [-0.15, -0.1) is 0 Å². The van der Waals surface area contributed by atoms with Gasteiger partial charge in [-0.3, -0.25) is 11.3 Å². The van der Waals surface area contributed by atoms with Crippen molar-refractivity contribution in [2.75, 3.05) is 13.2 Å². The molecule has 2 rings (SSSR count). The summed E-state index contributed by atoms with van der Waals surface area (Å²) in [6.07, 6.45) is 0.960. The lowest BCUT2D eigenvalue weighted by Crippen LogP contribution is -2.31. The van der Waals surface area contributed by atoms with Crippen LogP contribution in [0.3, 0.4) is 0 Å². The summed E-state index contributed by atoms with van der Waals surface area (Å²) < 4.78 is 19.3. The molecule has 0 spiro atoms. The van der Waals surface area contributed by atoms with Gasteiger partial charge in [-0.25, -0.2) is 4.39 Å². The fourth-order valence-corrected chi connectivity index (χ4v) is 2.16. The molecular weight excluding hydrogens is 243 g/mol. The highest BCUT2D eigenvalue weighted by Gasteiger charge is 2.14. The molecule has 0 aromatic heterocycles. The third-order valence-corrected chi connectivity index (χ3v) is 3.11. The summed E-state index contributed by atoms with van der Waals surface area (Å²) in [6.45, 7) is 3.22. The molecule has 3 N–H and O–H groups in total. The van der Waals surface area contributed by atoms with Crippen molar-refractivity contribution in [1.29, 1.82) is 0 Å². The van der Waals surface area contributed by atoms with Crippen molar-refractivity contribution in [2.24, 2.45) is 5.84 Å². The van der Waals surface area contributed by atoms with Crippen LogP contribution < -0.4 is 11.3 Å². The molecule has 3 nitrogen and oxygen atoms in total. The van der Waals surface area contributed by atoms with Crippen LogP contribution in [0.1, 0.15) is 24.9 Å². The minimum absolute atomic E-state index is 0.142. The normalized spacial score (nSPS) is 12.8. The van der Waals surface area contributed by atoms with Crippen molar-refractivity contribution in [1.82, 2.24) is 5.43 Å². The number of benzene rings is 2. The van der Waals surface area contributed by atoms with Crippen molar-refractivity contribution in [2.45, 2.75) is 19.4 Å². The first-order chi connectivity index (χ1) is 9.27. The molecule has 0 fully saturated rings. The Balaban J connectivity index is 2.34. The molecule has 0 aliphatic rings. The molecule has 0 radical (unpaired) electrons. The molecule has 0 amide bonds. The third kappa shape index (κ3) is 3.10. The van der Waals surface area contributed by atoms with Crippen molar-refractivity contribution in [3.05, 3.63) is 47.8 Å². The van der Waals surface area contributed by atoms with E-state index in [4.69, 9.17) is 10.6 Å². The van der Waals surface area contributed by atoms with E-state index in [9.17, 15) is 4.39 Å². The van der Waals surface area contributed by atoms with Gasteiger partial charge in [0.2, 0.25) is 0 Å². The number of hydrogen-bond acceptors (Lipinski definition) is 3. The van der Waals surface area contributed by atoms with Crippen LogP contribution in [-0.4, -0.2) is 13.2 Å². The molecule has 102 valence electrons. The largest absolute Gasteiger partial charge is 0.379 e. The Kier molecular flexibility index (Phi) is 4.85. The summed E-state index contributed by atoms with van der Waals surface area (Å²) in [5, 5.41) is 1.47. The Morgan fingerprint density at radius 1 is 1.21 bits per heavy atom. The zero-order valence-electron chi connectivity index (χ0n) is 11.0. The molecule has 0 aliphatic heterocycles. The summed E-state index contributed by atoms with van der Waals surface area (Å²) in [5.74, 6) is 5.37. The van der Waals surface area contributed by atoms with Crippen LogP contribution in [0.2, 0.25) is 0 Å². The average Bonchev–Trinajstić information content (AvgIpc) is 2.45. The lowest BCUT2D eigenvalue weighted by molar-refractivity contribution is 0.112. The van der Waals surface area contributed by atoms with E-state index < -0.39 is 0 Å². The molecule has 2 aromatic carbocycles. The molecule has 1 unspecified atom stereocenters. The molecule has 2 aromatic rings. The number of hydrogen-bond donors (Lipinski definition) is 2. The highest BCUT2D eigenvalue weighted by Crippen LogP contribution is 2.26. The first-order valence-electron chi connectivity index (χ1n) is 6.49. The quantitative estimate of drug-likeness (QED) is 0.478. The van der Waals surface area contributed by atoms with E-state index in [1.54, 1.807) is 12.1 Å². The number of hydrazine groups is 1. The van der Waals surface area contributed by atoms with Gasteiger partial charge in [0.05, 0.1) is 12.6 Å². The number of nitrogens with two attached hydrogens (primary N) is 1. The van der Waals surface area contributed by atoms with Gasteiger partial charge in [-0.05, 0) is 23.4 Å². The number of fused-ring (bicyclic) bond motifs is 1. The minimum Gasteiger partial charge on any atom is -0.379 e. The maximum absolute atomic E-state index is 13.8. The summed E-state index contributed by atoms with van der Waals surface area (Å²) in [5.41, 5.74) is 3.70. The van der Waals surface area contributed by atoms with E-state index in [0.29, 0.717) is 18.6 Å². The monoisotopic (exact) mass is 262 g/mol. The topological polar surface area (TPSA) is 47.3 Å². The van der Waals surface area contributed by atoms with E-state index >= 15 is 0 Å². The van der Waals surface area contributed by atoms with Crippen molar-refractivity contribution in [3.63, 3.8) is 0 Å². The molecule has 19 heavy (non-hydrogen) atoms. The molecule has 0 saturated carbocycles. The van der Waals surface area contributed by atoms with Gasteiger partial charge in [-0.1, -0.05) is 37.3 Å². The summed E-state index contributed by atoms with van der Waals surface area (Å²) in [4.78, 5) is 0. The van der Waals surface area contributed by atoms with Crippen molar-refractivity contribution in [3.8, 4) is 0 Å². The van der Waals surface area contributed by atoms with Crippen LogP contribution in [0.4, 0.5) is 4.39 Å². The second-order valence-corrected chi connectivity index (χ2v) is 4.48. The second kappa shape index (κ2) is 6.61. The van der Waals surface area contributed by atoms with Gasteiger partial charge < -0.3 is 4.74 Å². The van der Waals surface area contributed by atoms with Gasteiger partial charge in [-0.2, -0.15) is 0 Å². The Labute approximate surface area is 112 Å². The highest BCUT2D eigenvalue weighted by atomic mass is 19.1. The Hall–Kier alpha value is -1.49. The van der Waals surface area contributed by atoms with E-state index in [1.165, 1.54) is 6.07 Å². The number of halogens is 1. The first kappa shape index (κ1) is 13.9. The number of rotatable bonds is 6. The molecular formula is C15H19FN2O. The molecule has 0 bridgehead atoms. The fraction of sp³-hybridized carbons (Fsp3) is 0.333. The first-order valence-corrected chi connectivity index (χ1v) is 6.49. The second-order valence-electron chi connectivity index (χ2n) is 4.48. The third-order valence-electron chi connectivity index (χ3n) is 3.11.